The summed E-state index contributed by atoms with van der Waals surface area (Å²) in [7, 11) is 0. The monoisotopic (exact) mass is 368 g/mol. The molecule has 0 bridgehead atoms. The number of rotatable bonds is 4. The van der Waals surface area contributed by atoms with Crippen molar-refractivity contribution < 1.29 is 14.3 Å². The molecule has 0 saturated heterocycles. The SMILES string of the molecule is C[C@H]1[C@H](C)CCC[C@@H]1NC(=O)COC(=O)c1cncc(Br)c1. The number of nitrogens with zero attached hydrogens (tertiary/aromatic N) is 1. The molecule has 0 radical (unpaired) electrons. The number of halogens is 1. The molecule has 0 spiro atoms. The molecule has 1 N–H and O–H groups in total. The van der Waals surface area contributed by atoms with Gasteiger partial charge in [0.25, 0.3) is 5.91 Å². The van der Waals surface area contributed by atoms with Crippen LogP contribution < -0.4 is 5.32 Å². The Morgan fingerprint density at radius 3 is 2.86 bits per heavy atom. The highest BCUT2D eigenvalue weighted by molar-refractivity contribution is 9.10. The molecule has 0 unspecified atom stereocenters. The number of hydrogen-bond acceptors (Lipinski definition) is 4. The average Bonchev–Trinajstić information content (AvgIpc) is 2.49. The number of hydrogen-bond donors (Lipinski definition) is 1. The van der Waals surface area contributed by atoms with Crippen LogP contribution in [0.15, 0.2) is 22.9 Å². The Hall–Kier alpha value is -1.43. The van der Waals surface area contributed by atoms with Crippen LogP contribution in [-0.4, -0.2) is 29.5 Å². The van der Waals surface area contributed by atoms with Crippen LogP contribution in [0.3, 0.4) is 0 Å². The third-order valence-corrected chi connectivity index (χ3v) is 4.76. The van der Waals surface area contributed by atoms with Gasteiger partial charge in [-0.3, -0.25) is 9.78 Å². The van der Waals surface area contributed by atoms with E-state index in [1.54, 1.807) is 12.3 Å². The second kappa shape index (κ2) is 7.72. The smallest absolute Gasteiger partial charge is 0.340 e. The Balaban J connectivity index is 1.81. The molecule has 2 rings (SSSR count). The molecule has 1 amide bonds. The summed E-state index contributed by atoms with van der Waals surface area (Å²) in [6, 6.07) is 1.78. The van der Waals surface area contributed by atoms with E-state index in [-0.39, 0.29) is 18.6 Å². The van der Waals surface area contributed by atoms with Crippen molar-refractivity contribution in [3.8, 4) is 0 Å². The molecule has 1 fully saturated rings. The first-order valence-electron chi connectivity index (χ1n) is 7.54. The molecular weight excluding hydrogens is 348 g/mol. The topological polar surface area (TPSA) is 68.3 Å². The summed E-state index contributed by atoms with van der Waals surface area (Å²) in [5.74, 6) is 0.258. The summed E-state index contributed by atoms with van der Waals surface area (Å²) in [5.41, 5.74) is 0.321. The van der Waals surface area contributed by atoms with E-state index in [2.05, 4.69) is 40.1 Å². The van der Waals surface area contributed by atoms with Crippen molar-refractivity contribution in [1.29, 1.82) is 0 Å². The van der Waals surface area contributed by atoms with Crippen LogP contribution >= 0.6 is 15.9 Å². The first-order valence-corrected chi connectivity index (χ1v) is 8.33. The minimum atomic E-state index is -0.547. The van der Waals surface area contributed by atoms with Crippen molar-refractivity contribution in [2.75, 3.05) is 6.61 Å². The fourth-order valence-electron chi connectivity index (χ4n) is 2.77. The molecule has 120 valence electrons. The van der Waals surface area contributed by atoms with E-state index in [1.807, 2.05) is 0 Å². The molecule has 1 heterocycles. The fraction of sp³-hybridized carbons (Fsp3) is 0.562. The van der Waals surface area contributed by atoms with Gasteiger partial charge in [-0.2, -0.15) is 0 Å². The number of carbonyl (C=O) groups excluding carboxylic acids is 2. The number of nitrogens with one attached hydrogen (secondary N) is 1. The quantitative estimate of drug-likeness (QED) is 0.829. The third kappa shape index (κ3) is 4.53. The fourth-order valence-corrected chi connectivity index (χ4v) is 3.14. The predicted molar refractivity (Wildman–Crippen MR) is 86.3 cm³/mol. The van der Waals surface area contributed by atoms with Gasteiger partial charge in [-0.15, -0.1) is 0 Å². The molecule has 6 heteroatoms. The van der Waals surface area contributed by atoms with Crippen LogP contribution in [0.4, 0.5) is 0 Å². The van der Waals surface area contributed by atoms with Crippen LogP contribution in [0.2, 0.25) is 0 Å². The lowest BCUT2D eigenvalue weighted by molar-refractivity contribution is -0.125. The van der Waals surface area contributed by atoms with Gasteiger partial charge in [0.15, 0.2) is 6.61 Å². The van der Waals surface area contributed by atoms with Crippen LogP contribution in [-0.2, 0) is 9.53 Å². The molecular formula is C16H21BrN2O3. The second-order valence-electron chi connectivity index (χ2n) is 5.91. The molecule has 1 aromatic rings. The average molecular weight is 369 g/mol. The number of esters is 1. The van der Waals surface area contributed by atoms with Crippen molar-refractivity contribution in [2.24, 2.45) is 11.8 Å². The van der Waals surface area contributed by atoms with Crippen molar-refractivity contribution in [2.45, 2.75) is 39.2 Å². The van der Waals surface area contributed by atoms with Crippen molar-refractivity contribution in [3.05, 3.63) is 28.5 Å². The van der Waals surface area contributed by atoms with Crippen LogP contribution in [0.5, 0.6) is 0 Å². The van der Waals surface area contributed by atoms with E-state index in [0.717, 1.165) is 12.8 Å². The van der Waals surface area contributed by atoms with Crippen molar-refractivity contribution >= 4 is 27.8 Å². The highest BCUT2D eigenvalue weighted by Gasteiger charge is 2.28. The maximum atomic E-state index is 12.0. The summed E-state index contributed by atoms with van der Waals surface area (Å²) in [6.45, 7) is 4.11. The maximum Gasteiger partial charge on any atom is 0.340 e. The van der Waals surface area contributed by atoms with Gasteiger partial charge in [0.2, 0.25) is 0 Å². The van der Waals surface area contributed by atoms with Gasteiger partial charge in [0.1, 0.15) is 0 Å². The highest BCUT2D eigenvalue weighted by atomic mass is 79.9. The molecule has 22 heavy (non-hydrogen) atoms. The predicted octanol–water partition coefficient (Wildman–Crippen LogP) is 2.94. The van der Waals surface area contributed by atoms with Crippen molar-refractivity contribution in [1.82, 2.24) is 10.3 Å². The van der Waals surface area contributed by atoms with Gasteiger partial charge in [-0.25, -0.2) is 4.79 Å². The molecule has 1 saturated carbocycles. The minimum Gasteiger partial charge on any atom is -0.452 e. The van der Waals surface area contributed by atoms with E-state index in [4.69, 9.17) is 4.74 Å². The van der Waals surface area contributed by atoms with Crippen molar-refractivity contribution in [3.63, 3.8) is 0 Å². The molecule has 1 aromatic heterocycles. The first-order chi connectivity index (χ1) is 10.5. The van der Waals surface area contributed by atoms with Gasteiger partial charge in [0, 0.05) is 22.9 Å². The van der Waals surface area contributed by atoms with E-state index in [9.17, 15) is 9.59 Å². The Labute approximate surface area is 139 Å². The van der Waals surface area contributed by atoms with Gasteiger partial charge in [0.05, 0.1) is 5.56 Å². The van der Waals surface area contributed by atoms with Gasteiger partial charge >= 0.3 is 5.97 Å². The van der Waals surface area contributed by atoms with Gasteiger partial charge in [-0.05, 0) is 40.3 Å². The summed E-state index contributed by atoms with van der Waals surface area (Å²) in [4.78, 5) is 27.7. The Bertz CT molecular complexity index is 550. The van der Waals surface area contributed by atoms with E-state index in [1.165, 1.54) is 12.6 Å². The zero-order valence-corrected chi connectivity index (χ0v) is 14.4. The number of ether oxygens (including phenoxy) is 1. The number of aromatic nitrogens is 1. The van der Waals surface area contributed by atoms with Gasteiger partial charge in [-0.1, -0.05) is 26.7 Å². The summed E-state index contributed by atoms with van der Waals surface area (Å²) >= 11 is 3.24. The summed E-state index contributed by atoms with van der Waals surface area (Å²) in [5, 5.41) is 2.98. The highest BCUT2D eigenvalue weighted by Crippen LogP contribution is 2.29. The molecule has 1 aliphatic rings. The molecule has 0 aromatic carbocycles. The van der Waals surface area contributed by atoms with E-state index >= 15 is 0 Å². The zero-order chi connectivity index (χ0) is 16.1. The lowest BCUT2D eigenvalue weighted by atomic mass is 9.78. The zero-order valence-electron chi connectivity index (χ0n) is 12.8. The Kier molecular flexibility index (Phi) is 5.94. The second-order valence-corrected chi connectivity index (χ2v) is 6.82. The molecule has 0 aliphatic heterocycles. The molecule has 5 nitrogen and oxygen atoms in total. The van der Waals surface area contributed by atoms with E-state index < -0.39 is 5.97 Å². The largest absolute Gasteiger partial charge is 0.452 e. The number of amides is 1. The molecule has 1 aliphatic carbocycles. The van der Waals surface area contributed by atoms with Crippen LogP contribution in [0.25, 0.3) is 0 Å². The summed E-state index contributed by atoms with van der Waals surface area (Å²) < 4.78 is 5.73. The van der Waals surface area contributed by atoms with Crippen LogP contribution in [0, 0.1) is 11.8 Å². The third-order valence-electron chi connectivity index (χ3n) is 4.33. The normalized spacial score (nSPS) is 24.6. The lowest BCUT2D eigenvalue weighted by Crippen LogP contribution is -2.45. The summed E-state index contributed by atoms with van der Waals surface area (Å²) in [6.07, 6.45) is 6.31. The Morgan fingerprint density at radius 2 is 2.14 bits per heavy atom. The minimum absolute atomic E-state index is 0.169. The lowest BCUT2D eigenvalue weighted by Gasteiger charge is -2.34. The van der Waals surface area contributed by atoms with E-state index in [0.29, 0.717) is 21.9 Å². The number of pyridine rings is 1. The standard InChI is InChI=1S/C16H21BrN2O3/c1-10-4-3-5-14(11(10)2)19-15(20)9-22-16(21)12-6-13(17)8-18-7-12/h6-8,10-11,14H,3-5,9H2,1-2H3,(H,19,20)/t10-,11+,14+/m1/s1. The van der Waals surface area contributed by atoms with Gasteiger partial charge < -0.3 is 10.1 Å². The maximum absolute atomic E-state index is 12.0. The van der Waals surface area contributed by atoms with Crippen LogP contribution in [0.1, 0.15) is 43.5 Å². The number of carbonyl (C=O) groups is 2. The molecule has 3 atom stereocenters. The first kappa shape index (κ1) is 16.9. The Morgan fingerprint density at radius 1 is 1.36 bits per heavy atom.